The molecule has 18 heavy (non-hydrogen) atoms. The average Bonchev–Trinajstić information content (AvgIpc) is 2.70. The number of benzene rings is 1. The molecule has 0 spiro atoms. The molecular weight excluding hydrogens is 229 g/mol. The zero-order valence-electron chi connectivity index (χ0n) is 10.6. The Morgan fingerprint density at radius 3 is 2.67 bits per heavy atom. The molecule has 96 valence electrons. The molecule has 0 aliphatic carbocycles. The van der Waals surface area contributed by atoms with Gasteiger partial charge in [0.2, 0.25) is 0 Å². The van der Waals surface area contributed by atoms with Gasteiger partial charge in [-0.25, -0.2) is 9.07 Å². The van der Waals surface area contributed by atoms with Gasteiger partial charge in [-0.3, -0.25) is 0 Å². The Balaban J connectivity index is 2.08. The van der Waals surface area contributed by atoms with Crippen LogP contribution in [0, 0.1) is 5.82 Å². The number of aromatic nitrogens is 2. The maximum Gasteiger partial charge on any atom is 0.123 e. The fourth-order valence-electron chi connectivity index (χ4n) is 1.86. The van der Waals surface area contributed by atoms with Gasteiger partial charge < -0.3 is 5.73 Å². The fraction of sp³-hybridized carbons (Fsp3) is 0.357. The summed E-state index contributed by atoms with van der Waals surface area (Å²) in [6, 6.07) is 8.32. The minimum atomic E-state index is -0.226. The van der Waals surface area contributed by atoms with Crippen molar-refractivity contribution in [3.8, 4) is 0 Å². The van der Waals surface area contributed by atoms with E-state index in [9.17, 15) is 4.39 Å². The summed E-state index contributed by atoms with van der Waals surface area (Å²) in [5, 5.41) is 4.46. The molecule has 1 heterocycles. The number of nitrogen functional groups attached to an aromatic ring is 1. The van der Waals surface area contributed by atoms with Crippen LogP contribution in [-0.4, -0.2) is 9.78 Å². The number of rotatable bonds is 5. The maximum atomic E-state index is 12.8. The molecular formula is C14H18FN3. The summed E-state index contributed by atoms with van der Waals surface area (Å²) in [6.45, 7) is 2.73. The Hall–Kier alpha value is -1.84. The molecule has 3 nitrogen and oxygen atoms in total. The maximum absolute atomic E-state index is 12.8. The van der Waals surface area contributed by atoms with Gasteiger partial charge in [-0.1, -0.05) is 25.5 Å². The zero-order chi connectivity index (χ0) is 13.0. The van der Waals surface area contributed by atoms with Crippen LogP contribution in [0.5, 0.6) is 0 Å². The van der Waals surface area contributed by atoms with Crippen LogP contribution in [-0.2, 0) is 13.0 Å². The molecule has 0 radical (unpaired) electrons. The van der Waals surface area contributed by atoms with Crippen molar-refractivity contribution >= 4 is 5.82 Å². The van der Waals surface area contributed by atoms with Crippen LogP contribution in [0.1, 0.15) is 31.0 Å². The van der Waals surface area contributed by atoms with Crippen molar-refractivity contribution in [2.24, 2.45) is 0 Å². The van der Waals surface area contributed by atoms with E-state index in [0.717, 1.165) is 30.5 Å². The Morgan fingerprint density at radius 2 is 2.00 bits per heavy atom. The lowest BCUT2D eigenvalue weighted by atomic mass is 10.2. The van der Waals surface area contributed by atoms with Crippen LogP contribution in [0.4, 0.5) is 10.2 Å². The number of aryl methyl sites for hydroxylation is 1. The summed E-state index contributed by atoms with van der Waals surface area (Å²) in [7, 11) is 0. The molecule has 4 heteroatoms. The third-order valence-corrected chi connectivity index (χ3v) is 2.89. The van der Waals surface area contributed by atoms with Gasteiger partial charge in [0.25, 0.3) is 0 Å². The Labute approximate surface area is 106 Å². The normalized spacial score (nSPS) is 10.8. The summed E-state index contributed by atoms with van der Waals surface area (Å²) >= 11 is 0. The molecule has 0 aliphatic rings. The van der Waals surface area contributed by atoms with Crippen LogP contribution >= 0.6 is 0 Å². The fourth-order valence-corrected chi connectivity index (χ4v) is 1.86. The van der Waals surface area contributed by atoms with E-state index in [4.69, 9.17) is 5.73 Å². The van der Waals surface area contributed by atoms with Crippen molar-refractivity contribution < 1.29 is 4.39 Å². The molecule has 1 aromatic carbocycles. The monoisotopic (exact) mass is 247 g/mol. The van der Waals surface area contributed by atoms with Gasteiger partial charge in [-0.05, 0) is 30.5 Å². The molecule has 2 rings (SSSR count). The Morgan fingerprint density at radius 1 is 1.28 bits per heavy atom. The first-order valence-electron chi connectivity index (χ1n) is 6.25. The van der Waals surface area contributed by atoms with Crippen LogP contribution < -0.4 is 5.73 Å². The van der Waals surface area contributed by atoms with E-state index in [1.165, 1.54) is 12.1 Å². The van der Waals surface area contributed by atoms with E-state index >= 15 is 0 Å². The molecule has 2 aromatic rings. The van der Waals surface area contributed by atoms with E-state index in [1.54, 1.807) is 16.8 Å². The van der Waals surface area contributed by atoms with Gasteiger partial charge in [0.1, 0.15) is 11.6 Å². The van der Waals surface area contributed by atoms with Crippen LogP contribution in [0.15, 0.2) is 30.3 Å². The number of nitrogens with two attached hydrogens (primary N) is 1. The smallest absolute Gasteiger partial charge is 0.123 e. The second-order valence-electron chi connectivity index (χ2n) is 4.45. The lowest BCUT2D eigenvalue weighted by molar-refractivity contribution is 0.624. The van der Waals surface area contributed by atoms with Crippen LogP contribution in [0.2, 0.25) is 0 Å². The topological polar surface area (TPSA) is 43.8 Å². The molecule has 0 saturated carbocycles. The second kappa shape index (κ2) is 5.67. The standard InChI is InChI=1S/C14H18FN3/c1-2-3-4-13-9-14(16)18(17-13)10-11-5-7-12(15)8-6-11/h5-9H,2-4,10,16H2,1H3. The molecule has 0 atom stereocenters. The largest absolute Gasteiger partial charge is 0.384 e. The summed E-state index contributed by atoms with van der Waals surface area (Å²) in [4.78, 5) is 0. The molecule has 1 aromatic heterocycles. The summed E-state index contributed by atoms with van der Waals surface area (Å²) in [5.74, 6) is 0.432. The van der Waals surface area contributed by atoms with Gasteiger partial charge in [-0.2, -0.15) is 5.10 Å². The van der Waals surface area contributed by atoms with E-state index in [-0.39, 0.29) is 5.82 Å². The number of hydrogen-bond donors (Lipinski definition) is 1. The third-order valence-electron chi connectivity index (χ3n) is 2.89. The minimum absolute atomic E-state index is 0.226. The highest BCUT2D eigenvalue weighted by Gasteiger charge is 2.05. The number of halogens is 1. The van der Waals surface area contributed by atoms with Crippen LogP contribution in [0.3, 0.4) is 0 Å². The lowest BCUT2D eigenvalue weighted by Gasteiger charge is -2.04. The van der Waals surface area contributed by atoms with E-state index in [1.807, 2.05) is 6.07 Å². The molecule has 0 fully saturated rings. The summed E-state index contributed by atoms with van der Waals surface area (Å²) < 4.78 is 14.6. The molecule has 0 unspecified atom stereocenters. The summed E-state index contributed by atoms with van der Waals surface area (Å²) in [6.07, 6.45) is 3.22. The highest BCUT2D eigenvalue weighted by atomic mass is 19.1. The van der Waals surface area contributed by atoms with Crippen molar-refractivity contribution in [3.63, 3.8) is 0 Å². The van der Waals surface area contributed by atoms with Crippen molar-refractivity contribution in [1.29, 1.82) is 0 Å². The zero-order valence-corrected chi connectivity index (χ0v) is 10.6. The van der Waals surface area contributed by atoms with E-state index < -0.39 is 0 Å². The SMILES string of the molecule is CCCCc1cc(N)n(Cc2ccc(F)cc2)n1. The number of unbranched alkanes of at least 4 members (excludes halogenated alkanes) is 1. The van der Waals surface area contributed by atoms with Gasteiger partial charge in [0.05, 0.1) is 12.2 Å². The highest BCUT2D eigenvalue weighted by Crippen LogP contribution is 2.12. The third kappa shape index (κ3) is 3.09. The average molecular weight is 247 g/mol. The number of hydrogen-bond acceptors (Lipinski definition) is 2. The van der Waals surface area contributed by atoms with Gasteiger partial charge in [0.15, 0.2) is 0 Å². The Bertz CT molecular complexity index is 502. The number of nitrogens with zero attached hydrogens (tertiary/aromatic N) is 2. The van der Waals surface area contributed by atoms with E-state index in [2.05, 4.69) is 12.0 Å². The predicted molar refractivity (Wildman–Crippen MR) is 70.8 cm³/mol. The van der Waals surface area contributed by atoms with Crippen LogP contribution in [0.25, 0.3) is 0 Å². The number of anilines is 1. The van der Waals surface area contributed by atoms with Crippen molar-refractivity contribution in [1.82, 2.24) is 9.78 Å². The predicted octanol–water partition coefficient (Wildman–Crippen LogP) is 3.00. The first-order chi connectivity index (χ1) is 8.69. The second-order valence-corrected chi connectivity index (χ2v) is 4.45. The van der Waals surface area contributed by atoms with Crippen molar-refractivity contribution in [2.75, 3.05) is 5.73 Å². The molecule has 0 saturated heterocycles. The highest BCUT2D eigenvalue weighted by molar-refractivity contribution is 5.32. The van der Waals surface area contributed by atoms with Crippen molar-refractivity contribution in [2.45, 2.75) is 32.7 Å². The molecule has 2 N–H and O–H groups in total. The van der Waals surface area contributed by atoms with Gasteiger partial charge in [0, 0.05) is 6.07 Å². The molecule has 0 bridgehead atoms. The molecule has 0 amide bonds. The van der Waals surface area contributed by atoms with Crippen molar-refractivity contribution in [3.05, 3.63) is 47.4 Å². The minimum Gasteiger partial charge on any atom is -0.384 e. The Kier molecular flexibility index (Phi) is 3.97. The van der Waals surface area contributed by atoms with Gasteiger partial charge in [-0.15, -0.1) is 0 Å². The van der Waals surface area contributed by atoms with Gasteiger partial charge >= 0.3 is 0 Å². The van der Waals surface area contributed by atoms with E-state index in [0.29, 0.717) is 12.4 Å². The quantitative estimate of drug-likeness (QED) is 0.882. The first-order valence-corrected chi connectivity index (χ1v) is 6.25. The first kappa shape index (κ1) is 12.6. The summed E-state index contributed by atoms with van der Waals surface area (Å²) in [5.41, 5.74) is 7.94. The molecule has 0 aliphatic heterocycles. The lowest BCUT2D eigenvalue weighted by Crippen LogP contribution is -2.06.